The van der Waals surface area contributed by atoms with Crippen LogP contribution in [-0.4, -0.2) is 96.7 Å². The van der Waals surface area contributed by atoms with Crippen LogP contribution in [0.2, 0.25) is 0 Å². The summed E-state index contributed by atoms with van der Waals surface area (Å²) >= 11 is 0. The molecule has 0 aliphatic heterocycles. The molecule has 0 rings (SSSR count). The van der Waals surface area contributed by atoms with Crippen molar-refractivity contribution in [3.8, 4) is 0 Å². The van der Waals surface area contributed by atoms with Crippen molar-refractivity contribution >= 4 is 39.5 Å². The Bertz CT molecular complexity index is 2000. The molecule has 17 nitrogen and oxygen atoms in total. The van der Waals surface area contributed by atoms with Crippen LogP contribution in [0.5, 0.6) is 0 Å². The number of ether oxygens (including phenoxy) is 4. The highest BCUT2D eigenvalue weighted by Crippen LogP contribution is 2.45. The maximum absolute atomic E-state index is 13.1. The summed E-state index contributed by atoms with van der Waals surface area (Å²) < 4.78 is 68.6. The first kappa shape index (κ1) is 95.3. The number of hydrogen-bond acceptors (Lipinski definition) is 15. The fourth-order valence-electron chi connectivity index (χ4n) is 11.4. The lowest BCUT2D eigenvalue weighted by Gasteiger charge is -2.21. The fourth-order valence-corrected chi connectivity index (χ4v) is 13.0. The van der Waals surface area contributed by atoms with Crippen molar-refractivity contribution in [1.82, 2.24) is 0 Å². The normalized spacial score (nSPS) is 14.1. The van der Waals surface area contributed by atoms with Crippen LogP contribution < -0.4 is 0 Å². The van der Waals surface area contributed by atoms with Gasteiger partial charge in [0, 0.05) is 25.7 Å². The third-order valence-electron chi connectivity index (χ3n) is 17.6. The van der Waals surface area contributed by atoms with Crippen LogP contribution in [0.25, 0.3) is 0 Å². The quantitative estimate of drug-likeness (QED) is 0.0169. The minimum Gasteiger partial charge on any atom is -0.462 e. The largest absolute Gasteiger partial charge is 0.472 e. The van der Waals surface area contributed by atoms with Gasteiger partial charge in [-0.1, -0.05) is 315 Å². The zero-order valence-corrected chi connectivity index (χ0v) is 64.8. The number of aliphatic hydroxyl groups excluding tert-OH is 1. The average Bonchev–Trinajstić information content (AvgIpc) is 0.984. The molecule has 0 saturated heterocycles. The molecule has 0 aromatic carbocycles. The first-order chi connectivity index (χ1) is 47.7. The number of phosphoric ester groups is 2. The minimum absolute atomic E-state index is 0.0835. The van der Waals surface area contributed by atoms with Crippen molar-refractivity contribution in [1.29, 1.82) is 0 Å². The van der Waals surface area contributed by atoms with Gasteiger partial charge in [-0.25, -0.2) is 9.13 Å². The van der Waals surface area contributed by atoms with Gasteiger partial charge in [-0.2, -0.15) is 0 Å². The third kappa shape index (κ3) is 71.7. The molecule has 0 aromatic heterocycles. The summed E-state index contributed by atoms with van der Waals surface area (Å²) in [5.74, 6) is -2.15. The molecule has 0 spiro atoms. The van der Waals surface area contributed by atoms with Crippen LogP contribution in [0.15, 0.2) is 36.5 Å². The van der Waals surface area contributed by atoms with E-state index in [0.717, 1.165) is 128 Å². The number of esters is 4. The molecule has 98 heavy (non-hydrogen) atoms. The van der Waals surface area contributed by atoms with E-state index in [1.165, 1.54) is 180 Å². The zero-order chi connectivity index (χ0) is 71.8. The summed E-state index contributed by atoms with van der Waals surface area (Å²) in [5.41, 5.74) is 0. The second-order valence-corrected chi connectivity index (χ2v) is 30.3. The molecule has 0 heterocycles. The summed E-state index contributed by atoms with van der Waals surface area (Å²) in [7, 11) is -9.93. The second-order valence-electron chi connectivity index (χ2n) is 27.4. The molecule has 0 amide bonds. The first-order valence-corrected chi connectivity index (χ1v) is 43.2. The standard InChI is InChI=1S/C79H148O17P2/c1-5-9-13-17-21-25-29-33-36-40-43-47-51-55-59-63-76(81)89-69-74(95-78(83)65-61-57-53-49-45-39-32-28-24-20-16-12-8-4)71-93-97(85,86)91-67-73(80)68-92-98(87,88)94-72-75(96-79(84)66-62-58-54-50-46-42-38-35-31-27-23-19-15-11-7-3)70-90-77(82)64-60-56-52-48-44-41-37-34-30-26-22-18-14-10-6-2/h23,27,34-35,37-38,73-75,80H,5-22,24-26,28-33,36,39-72H2,1-4H3,(H,85,86)(H,87,88)/b27-23-,37-34-,38-35-/t73-,74-,75-/m1/s1. The number of rotatable bonds is 77. The Morgan fingerprint density at radius 2 is 0.500 bits per heavy atom. The third-order valence-corrected chi connectivity index (χ3v) is 19.5. The predicted molar refractivity (Wildman–Crippen MR) is 400 cm³/mol. The molecule has 0 bridgehead atoms. The first-order valence-electron chi connectivity index (χ1n) is 40.2. The van der Waals surface area contributed by atoms with E-state index in [-0.39, 0.29) is 25.7 Å². The number of phosphoric acid groups is 2. The molecule has 0 aliphatic carbocycles. The van der Waals surface area contributed by atoms with Gasteiger partial charge in [0.05, 0.1) is 26.4 Å². The Morgan fingerprint density at radius 3 is 0.786 bits per heavy atom. The number of hydrogen-bond donors (Lipinski definition) is 3. The van der Waals surface area contributed by atoms with Crippen molar-refractivity contribution in [2.75, 3.05) is 39.6 Å². The van der Waals surface area contributed by atoms with Crippen LogP contribution in [-0.2, 0) is 65.4 Å². The van der Waals surface area contributed by atoms with Crippen molar-refractivity contribution in [2.45, 2.75) is 406 Å². The predicted octanol–water partition coefficient (Wildman–Crippen LogP) is 23.1. The summed E-state index contributed by atoms with van der Waals surface area (Å²) in [6.07, 6.45) is 68.3. The van der Waals surface area contributed by atoms with Gasteiger partial charge >= 0.3 is 39.5 Å². The summed E-state index contributed by atoms with van der Waals surface area (Å²) in [4.78, 5) is 72.9. The van der Waals surface area contributed by atoms with E-state index in [1.54, 1.807) is 0 Å². The smallest absolute Gasteiger partial charge is 0.462 e. The van der Waals surface area contributed by atoms with Gasteiger partial charge in [0.1, 0.15) is 19.3 Å². The van der Waals surface area contributed by atoms with Gasteiger partial charge in [0.25, 0.3) is 0 Å². The molecule has 0 saturated carbocycles. The van der Waals surface area contributed by atoms with E-state index in [9.17, 15) is 43.2 Å². The molecule has 2 unspecified atom stereocenters. The van der Waals surface area contributed by atoms with Crippen LogP contribution in [0.4, 0.5) is 0 Å². The Morgan fingerprint density at radius 1 is 0.286 bits per heavy atom. The van der Waals surface area contributed by atoms with Gasteiger partial charge in [-0.3, -0.25) is 37.3 Å². The number of carbonyl (C=O) groups excluding carboxylic acids is 4. The average molecular weight is 1430 g/mol. The van der Waals surface area contributed by atoms with Gasteiger partial charge in [0.15, 0.2) is 12.2 Å². The summed E-state index contributed by atoms with van der Waals surface area (Å²) in [5, 5.41) is 10.6. The lowest BCUT2D eigenvalue weighted by atomic mass is 10.0. The maximum Gasteiger partial charge on any atom is 0.472 e. The summed E-state index contributed by atoms with van der Waals surface area (Å²) in [6.45, 7) is 4.92. The highest BCUT2D eigenvalue weighted by molar-refractivity contribution is 7.47. The maximum atomic E-state index is 13.1. The van der Waals surface area contributed by atoms with Crippen LogP contribution in [0.1, 0.15) is 387 Å². The molecular formula is C79H148O17P2. The number of aliphatic hydroxyl groups is 1. The molecular weight excluding hydrogens is 1280 g/mol. The van der Waals surface area contributed by atoms with E-state index >= 15 is 0 Å². The van der Waals surface area contributed by atoms with Gasteiger partial charge in [-0.05, 0) is 83.5 Å². The van der Waals surface area contributed by atoms with Gasteiger partial charge in [0.2, 0.25) is 0 Å². The SMILES string of the molecule is CCCCC/C=C\C/C=C\CCCCCCCC(=O)O[C@H](COC(=O)CCCCCCC/C=C\CCCCCCCC)COP(=O)(O)OC[C@H](O)COP(=O)(O)OC[C@@H](COC(=O)CCCCCCCCCCCCCCCCC)OC(=O)CCCCCCCCCCCCCCC. The second kappa shape index (κ2) is 72.6. The molecule has 5 atom stereocenters. The van der Waals surface area contributed by atoms with Crippen molar-refractivity contribution in [3.63, 3.8) is 0 Å². The van der Waals surface area contributed by atoms with Gasteiger partial charge in [-0.15, -0.1) is 0 Å². The zero-order valence-electron chi connectivity index (χ0n) is 63.0. The van der Waals surface area contributed by atoms with Crippen LogP contribution in [0, 0.1) is 0 Å². The number of allylic oxidation sites excluding steroid dienone is 6. The number of carbonyl (C=O) groups is 4. The van der Waals surface area contributed by atoms with Crippen molar-refractivity contribution < 1.29 is 80.2 Å². The van der Waals surface area contributed by atoms with E-state index in [4.69, 9.17) is 37.0 Å². The van der Waals surface area contributed by atoms with E-state index in [1.807, 2.05) is 0 Å². The Kier molecular flexibility index (Phi) is 70.6. The van der Waals surface area contributed by atoms with Gasteiger partial charge < -0.3 is 33.8 Å². The highest BCUT2D eigenvalue weighted by atomic mass is 31.2. The van der Waals surface area contributed by atoms with Crippen LogP contribution in [0.3, 0.4) is 0 Å². The summed E-state index contributed by atoms with van der Waals surface area (Å²) in [6, 6.07) is 0. The minimum atomic E-state index is -4.97. The molecule has 0 aromatic rings. The molecule has 0 radical (unpaired) electrons. The van der Waals surface area contributed by atoms with E-state index in [0.29, 0.717) is 25.7 Å². The van der Waals surface area contributed by atoms with E-state index < -0.39 is 97.5 Å². The topological polar surface area (TPSA) is 237 Å². The monoisotopic (exact) mass is 1430 g/mol. The fraction of sp³-hybridized carbons (Fsp3) is 0.873. The van der Waals surface area contributed by atoms with Crippen LogP contribution >= 0.6 is 15.6 Å². The van der Waals surface area contributed by atoms with E-state index in [2.05, 4.69) is 64.2 Å². The van der Waals surface area contributed by atoms with Crippen molar-refractivity contribution in [2.24, 2.45) is 0 Å². The highest BCUT2D eigenvalue weighted by Gasteiger charge is 2.30. The van der Waals surface area contributed by atoms with Crippen molar-refractivity contribution in [3.05, 3.63) is 36.5 Å². The molecule has 0 aliphatic rings. The molecule has 576 valence electrons. The molecule has 3 N–H and O–H groups in total. The number of unbranched alkanes of at least 4 members (excludes halogenated alkanes) is 45. The lowest BCUT2D eigenvalue weighted by molar-refractivity contribution is -0.161. The Labute approximate surface area is 598 Å². The molecule has 0 fully saturated rings. The molecule has 19 heteroatoms. The Balaban J connectivity index is 5.31. The Hall–Kier alpha value is -2.72. The lowest BCUT2D eigenvalue weighted by Crippen LogP contribution is -2.30.